The number of Topliss-reactive ketones (excluding diaryl/α,β-unsaturated/α-hetero) is 1. The molecule has 0 bridgehead atoms. The molecular weight excluding hydrogens is 326 g/mol. The van der Waals surface area contributed by atoms with Gasteiger partial charge in [-0.1, -0.05) is 46.3 Å². The lowest BCUT2D eigenvalue weighted by Crippen LogP contribution is -2.28. The molecule has 106 valence electrons. The van der Waals surface area contributed by atoms with Crippen molar-refractivity contribution in [2.75, 3.05) is 0 Å². The van der Waals surface area contributed by atoms with Crippen LogP contribution in [0.1, 0.15) is 29.8 Å². The Labute approximate surface area is 132 Å². The highest BCUT2D eigenvalue weighted by atomic mass is 79.9. The van der Waals surface area contributed by atoms with E-state index in [4.69, 9.17) is 0 Å². The Balaban J connectivity index is 2.10. The summed E-state index contributed by atoms with van der Waals surface area (Å²) < 4.78 is 0.973. The molecule has 0 spiro atoms. The average molecular weight is 342 g/mol. The monoisotopic (exact) mass is 341 g/mol. The molecule has 0 saturated heterocycles. The van der Waals surface area contributed by atoms with Crippen molar-refractivity contribution in [2.45, 2.75) is 19.3 Å². The SMILES string of the molecule is CC(C)(C(=O)c1c[nH]c2ccc(Br)cc12)c1ccccc1. The van der Waals surface area contributed by atoms with Crippen molar-refractivity contribution in [2.24, 2.45) is 0 Å². The van der Waals surface area contributed by atoms with Crippen molar-refractivity contribution in [3.63, 3.8) is 0 Å². The lowest BCUT2D eigenvalue weighted by molar-refractivity contribution is 0.0910. The van der Waals surface area contributed by atoms with Crippen LogP contribution >= 0.6 is 15.9 Å². The van der Waals surface area contributed by atoms with Crippen LogP contribution in [0.2, 0.25) is 0 Å². The van der Waals surface area contributed by atoms with E-state index in [-0.39, 0.29) is 5.78 Å². The van der Waals surface area contributed by atoms with Crippen molar-refractivity contribution in [3.8, 4) is 0 Å². The van der Waals surface area contributed by atoms with Gasteiger partial charge < -0.3 is 4.98 Å². The van der Waals surface area contributed by atoms with E-state index in [1.807, 2.05) is 68.6 Å². The van der Waals surface area contributed by atoms with E-state index < -0.39 is 5.41 Å². The Kier molecular flexibility index (Phi) is 3.46. The Hall–Kier alpha value is -1.87. The smallest absolute Gasteiger partial charge is 0.174 e. The summed E-state index contributed by atoms with van der Waals surface area (Å²) in [5.41, 5.74) is 2.18. The lowest BCUT2D eigenvalue weighted by atomic mass is 9.78. The number of carbonyl (C=O) groups excluding carboxylic acids is 1. The van der Waals surface area contributed by atoms with Crippen molar-refractivity contribution >= 4 is 32.6 Å². The van der Waals surface area contributed by atoms with Crippen LogP contribution in [0.15, 0.2) is 59.2 Å². The minimum absolute atomic E-state index is 0.123. The zero-order valence-electron chi connectivity index (χ0n) is 12.0. The summed E-state index contributed by atoms with van der Waals surface area (Å²) in [6.07, 6.45) is 1.81. The average Bonchev–Trinajstić information content (AvgIpc) is 2.90. The molecular formula is C18H16BrNO. The molecule has 0 aliphatic heterocycles. The van der Waals surface area contributed by atoms with Crippen molar-refractivity contribution in [3.05, 3.63) is 70.3 Å². The van der Waals surface area contributed by atoms with Crippen LogP contribution in [0.3, 0.4) is 0 Å². The maximum absolute atomic E-state index is 13.0. The molecule has 0 atom stereocenters. The third kappa shape index (κ3) is 2.42. The highest BCUT2D eigenvalue weighted by Crippen LogP contribution is 2.31. The maximum Gasteiger partial charge on any atom is 0.174 e. The number of hydrogen-bond donors (Lipinski definition) is 1. The first-order chi connectivity index (χ1) is 10.00. The van der Waals surface area contributed by atoms with E-state index in [1.165, 1.54) is 0 Å². The quantitative estimate of drug-likeness (QED) is 0.661. The Morgan fingerprint density at radius 1 is 1.10 bits per heavy atom. The summed E-state index contributed by atoms with van der Waals surface area (Å²) in [5, 5.41) is 0.957. The Bertz CT molecular complexity index is 802. The molecule has 2 aromatic carbocycles. The van der Waals surface area contributed by atoms with Gasteiger partial charge in [-0.2, -0.15) is 0 Å². The number of aromatic nitrogens is 1. The zero-order valence-corrected chi connectivity index (χ0v) is 13.6. The van der Waals surface area contributed by atoms with Gasteiger partial charge in [0.15, 0.2) is 5.78 Å². The summed E-state index contributed by atoms with van der Waals surface area (Å²) >= 11 is 3.47. The van der Waals surface area contributed by atoms with E-state index in [0.29, 0.717) is 0 Å². The highest BCUT2D eigenvalue weighted by molar-refractivity contribution is 9.10. The first-order valence-corrected chi connectivity index (χ1v) is 7.66. The van der Waals surface area contributed by atoms with Gasteiger partial charge in [-0.05, 0) is 37.6 Å². The van der Waals surface area contributed by atoms with Crippen LogP contribution in [-0.4, -0.2) is 10.8 Å². The van der Waals surface area contributed by atoms with Crippen molar-refractivity contribution < 1.29 is 4.79 Å². The van der Waals surface area contributed by atoms with Crippen LogP contribution < -0.4 is 0 Å². The minimum Gasteiger partial charge on any atom is -0.360 e. The van der Waals surface area contributed by atoms with Gasteiger partial charge in [0.1, 0.15) is 0 Å². The first kappa shape index (κ1) is 14.1. The van der Waals surface area contributed by atoms with Gasteiger partial charge in [-0.3, -0.25) is 4.79 Å². The fraction of sp³-hybridized carbons (Fsp3) is 0.167. The third-order valence-electron chi connectivity index (χ3n) is 3.95. The topological polar surface area (TPSA) is 32.9 Å². The number of benzene rings is 2. The molecule has 1 heterocycles. The molecule has 1 N–H and O–H groups in total. The second kappa shape index (κ2) is 5.15. The molecule has 2 nitrogen and oxygen atoms in total. The van der Waals surface area contributed by atoms with Crippen molar-refractivity contribution in [1.29, 1.82) is 0 Å². The van der Waals surface area contributed by atoms with Crippen LogP contribution in [0.5, 0.6) is 0 Å². The number of halogens is 1. The maximum atomic E-state index is 13.0. The summed E-state index contributed by atoms with van der Waals surface area (Å²) in [5.74, 6) is 0.123. The van der Waals surface area contributed by atoms with E-state index in [1.54, 1.807) is 0 Å². The zero-order chi connectivity index (χ0) is 15.0. The van der Waals surface area contributed by atoms with Crippen LogP contribution in [-0.2, 0) is 5.41 Å². The third-order valence-corrected chi connectivity index (χ3v) is 4.44. The Morgan fingerprint density at radius 2 is 1.81 bits per heavy atom. The molecule has 1 aromatic heterocycles. The molecule has 0 unspecified atom stereocenters. The van der Waals surface area contributed by atoms with Gasteiger partial charge in [0.25, 0.3) is 0 Å². The molecule has 0 fully saturated rings. The van der Waals surface area contributed by atoms with Crippen LogP contribution in [0.25, 0.3) is 10.9 Å². The number of hydrogen-bond acceptors (Lipinski definition) is 1. The molecule has 0 radical (unpaired) electrons. The molecule has 3 heteroatoms. The van der Waals surface area contributed by atoms with Gasteiger partial charge in [0, 0.05) is 27.1 Å². The molecule has 0 saturated carbocycles. The van der Waals surface area contributed by atoms with E-state index in [2.05, 4.69) is 20.9 Å². The van der Waals surface area contributed by atoms with E-state index >= 15 is 0 Å². The second-order valence-electron chi connectivity index (χ2n) is 5.71. The van der Waals surface area contributed by atoms with Crippen LogP contribution in [0, 0.1) is 0 Å². The predicted octanol–water partition coefficient (Wildman–Crippen LogP) is 5.09. The number of fused-ring (bicyclic) bond motifs is 1. The number of H-pyrrole nitrogens is 1. The van der Waals surface area contributed by atoms with E-state index in [9.17, 15) is 4.79 Å². The summed E-state index contributed by atoms with van der Waals surface area (Å²) in [4.78, 5) is 16.2. The fourth-order valence-corrected chi connectivity index (χ4v) is 2.96. The Morgan fingerprint density at radius 3 is 2.52 bits per heavy atom. The second-order valence-corrected chi connectivity index (χ2v) is 6.63. The van der Waals surface area contributed by atoms with Gasteiger partial charge in [-0.25, -0.2) is 0 Å². The number of rotatable bonds is 3. The number of aromatic amines is 1. The lowest BCUT2D eigenvalue weighted by Gasteiger charge is -2.23. The first-order valence-electron chi connectivity index (χ1n) is 6.87. The predicted molar refractivity (Wildman–Crippen MR) is 89.8 cm³/mol. The summed E-state index contributed by atoms with van der Waals surface area (Å²) in [7, 11) is 0. The summed E-state index contributed by atoms with van der Waals surface area (Å²) in [6, 6.07) is 15.8. The number of ketones is 1. The van der Waals surface area contributed by atoms with E-state index in [0.717, 1.165) is 26.5 Å². The molecule has 21 heavy (non-hydrogen) atoms. The van der Waals surface area contributed by atoms with Crippen molar-refractivity contribution in [1.82, 2.24) is 4.98 Å². The van der Waals surface area contributed by atoms with Gasteiger partial charge in [0.05, 0.1) is 5.41 Å². The summed E-state index contributed by atoms with van der Waals surface area (Å²) in [6.45, 7) is 3.95. The molecule has 3 rings (SSSR count). The van der Waals surface area contributed by atoms with Gasteiger partial charge >= 0.3 is 0 Å². The van der Waals surface area contributed by atoms with Gasteiger partial charge in [-0.15, -0.1) is 0 Å². The number of nitrogens with one attached hydrogen (secondary N) is 1. The fourth-order valence-electron chi connectivity index (χ4n) is 2.60. The molecule has 3 aromatic rings. The molecule has 0 aliphatic carbocycles. The molecule has 0 amide bonds. The normalized spacial score (nSPS) is 11.8. The molecule has 0 aliphatic rings. The van der Waals surface area contributed by atoms with Gasteiger partial charge in [0.2, 0.25) is 0 Å². The minimum atomic E-state index is -0.557. The number of carbonyl (C=O) groups is 1. The highest BCUT2D eigenvalue weighted by Gasteiger charge is 2.31. The largest absolute Gasteiger partial charge is 0.360 e. The standard InChI is InChI=1S/C18H16BrNO/c1-18(2,12-6-4-3-5-7-12)17(21)15-11-20-16-9-8-13(19)10-14(15)16/h3-11,20H,1-2H3. The van der Waals surface area contributed by atoms with Crippen LogP contribution in [0.4, 0.5) is 0 Å².